The molecule has 0 aromatic carbocycles. The minimum absolute atomic E-state index is 0.0162. The topological polar surface area (TPSA) is 96.9 Å². The zero-order valence-corrected chi connectivity index (χ0v) is 16.6. The molecule has 152 valence electrons. The number of aromatic nitrogens is 4. The van der Waals surface area contributed by atoms with Crippen LogP contribution in [0.1, 0.15) is 37.3 Å². The first-order chi connectivity index (χ1) is 14.2. The molecule has 29 heavy (non-hydrogen) atoms. The highest BCUT2D eigenvalue weighted by Crippen LogP contribution is 2.27. The summed E-state index contributed by atoms with van der Waals surface area (Å²) in [6.45, 7) is 3.45. The number of aliphatic hydroxyl groups excluding tert-OH is 1. The van der Waals surface area contributed by atoms with Crippen LogP contribution in [0.3, 0.4) is 0 Å². The fraction of sp³-hybridized carbons (Fsp3) is 0.429. The summed E-state index contributed by atoms with van der Waals surface area (Å²) < 4.78 is 1.82. The third-order valence-electron chi connectivity index (χ3n) is 5.42. The molecule has 1 atom stereocenters. The lowest BCUT2D eigenvalue weighted by Crippen LogP contribution is -2.46. The number of rotatable bonds is 7. The fourth-order valence-corrected chi connectivity index (χ4v) is 3.88. The molecule has 0 spiro atoms. The number of ketones is 1. The van der Waals surface area contributed by atoms with Gasteiger partial charge < -0.3 is 15.3 Å². The number of carbonyl (C=O) groups excluding carboxylic acids is 1. The second-order valence-corrected chi connectivity index (χ2v) is 7.31. The molecule has 0 bridgehead atoms. The quantitative estimate of drug-likeness (QED) is 0.631. The Labute approximate surface area is 169 Å². The molecule has 1 aliphatic heterocycles. The summed E-state index contributed by atoms with van der Waals surface area (Å²) in [5.41, 5.74) is 2.98. The van der Waals surface area contributed by atoms with Crippen LogP contribution in [-0.4, -0.2) is 44.7 Å². The molecule has 0 amide bonds. The van der Waals surface area contributed by atoms with Gasteiger partial charge in [-0.15, -0.1) is 0 Å². The van der Waals surface area contributed by atoms with E-state index in [1.54, 1.807) is 0 Å². The van der Waals surface area contributed by atoms with Crippen LogP contribution >= 0.6 is 0 Å². The normalized spacial score (nSPS) is 17.1. The third-order valence-corrected chi connectivity index (χ3v) is 5.42. The summed E-state index contributed by atoms with van der Waals surface area (Å²) in [5.74, 6) is 1.75. The van der Waals surface area contributed by atoms with Crippen LogP contribution in [0.25, 0.3) is 5.65 Å². The highest BCUT2D eigenvalue weighted by atomic mass is 16.3. The number of anilines is 2. The van der Waals surface area contributed by atoms with E-state index in [-0.39, 0.29) is 18.4 Å². The molecule has 1 saturated heterocycles. The number of nitrogens with zero attached hydrogens (tertiary/aromatic N) is 4. The number of Topliss-reactive ketones (excluding diaryl/α,β-unsaturated/α-hetero) is 1. The lowest BCUT2D eigenvalue weighted by molar-refractivity contribution is -0.378. The van der Waals surface area contributed by atoms with E-state index in [0.717, 1.165) is 47.8 Å². The number of hydrogen-bond donors (Lipinski definition) is 2. The molecule has 4 heterocycles. The molecular weight excluding hydrogens is 368 g/mol. The lowest BCUT2D eigenvalue weighted by atomic mass is 9.98. The van der Waals surface area contributed by atoms with Crippen molar-refractivity contribution >= 4 is 23.1 Å². The Morgan fingerprint density at radius 1 is 1.41 bits per heavy atom. The van der Waals surface area contributed by atoms with E-state index in [0.29, 0.717) is 19.4 Å². The van der Waals surface area contributed by atoms with Crippen molar-refractivity contribution in [3.05, 3.63) is 47.9 Å². The van der Waals surface area contributed by atoms with Crippen molar-refractivity contribution in [3.8, 4) is 0 Å². The number of fused-ring (bicyclic) bond motifs is 1. The Balaban J connectivity index is 1.72. The van der Waals surface area contributed by atoms with Gasteiger partial charge in [-0.2, -0.15) is 9.61 Å². The number of carbonyl (C=O) groups is 1. The summed E-state index contributed by atoms with van der Waals surface area (Å²) in [6.07, 6.45) is 8.29. The van der Waals surface area contributed by atoms with Crippen molar-refractivity contribution in [1.29, 1.82) is 0 Å². The molecular formula is C21H27N6O2+. The van der Waals surface area contributed by atoms with Crippen LogP contribution in [-0.2, 0) is 17.8 Å². The molecule has 4 rings (SSSR count). The average Bonchev–Trinajstić information content (AvgIpc) is 3.17. The van der Waals surface area contributed by atoms with Gasteiger partial charge in [-0.3, -0.25) is 4.79 Å². The summed E-state index contributed by atoms with van der Waals surface area (Å²) >= 11 is 0. The van der Waals surface area contributed by atoms with Crippen LogP contribution in [0.2, 0.25) is 0 Å². The largest absolute Gasteiger partial charge is 0.396 e. The molecule has 3 aromatic heterocycles. The van der Waals surface area contributed by atoms with Gasteiger partial charge in [-0.25, -0.2) is 9.97 Å². The minimum atomic E-state index is -0.326. The molecule has 8 nitrogen and oxygen atoms in total. The number of pyridine rings is 1. The standard InChI is InChI=1S/C21H26N6O2/c1-2-16-14-24-27-19(23-13-15-5-3-8-22-12-15)11-20(25-21(16)27)26-9-4-6-18(29)17(26)7-10-28/h3,5,8,11-12,14,17,23,28H,2,4,6-7,9-10,13H2,1H3/p+1. The van der Waals surface area contributed by atoms with Crippen LogP contribution < -0.4 is 15.2 Å². The summed E-state index contributed by atoms with van der Waals surface area (Å²) in [6, 6.07) is 5.64. The zero-order valence-electron chi connectivity index (χ0n) is 16.6. The van der Waals surface area contributed by atoms with E-state index < -0.39 is 0 Å². The molecule has 3 N–H and O–H groups in total. The Bertz CT molecular complexity index is 988. The SMILES string of the molecule is CCc1cnn2c(NCc3ccc[nH+]c3)cc(N3CCCC(=O)C3CCO)nc12. The number of nitrogens with one attached hydrogen (secondary N) is 2. The monoisotopic (exact) mass is 395 g/mol. The van der Waals surface area contributed by atoms with Crippen molar-refractivity contribution in [2.75, 3.05) is 23.4 Å². The summed E-state index contributed by atoms with van der Waals surface area (Å²) in [7, 11) is 0. The average molecular weight is 395 g/mol. The number of H-pyrrole nitrogens is 1. The van der Waals surface area contributed by atoms with Crippen molar-refractivity contribution in [2.24, 2.45) is 0 Å². The van der Waals surface area contributed by atoms with Crippen LogP contribution in [0.4, 0.5) is 11.6 Å². The maximum absolute atomic E-state index is 12.5. The number of aromatic amines is 1. The van der Waals surface area contributed by atoms with Gasteiger partial charge in [0.15, 0.2) is 23.8 Å². The Hall–Kier alpha value is -3.00. The highest BCUT2D eigenvalue weighted by Gasteiger charge is 2.30. The number of aliphatic hydroxyl groups is 1. The van der Waals surface area contributed by atoms with Crippen LogP contribution in [0, 0.1) is 0 Å². The van der Waals surface area contributed by atoms with E-state index in [1.807, 2.05) is 46.2 Å². The molecule has 0 saturated carbocycles. The van der Waals surface area contributed by atoms with Gasteiger partial charge in [0.05, 0.1) is 12.2 Å². The maximum Gasteiger partial charge on any atom is 0.171 e. The Morgan fingerprint density at radius 3 is 3.07 bits per heavy atom. The van der Waals surface area contributed by atoms with E-state index in [1.165, 1.54) is 0 Å². The zero-order chi connectivity index (χ0) is 20.2. The first-order valence-electron chi connectivity index (χ1n) is 10.2. The molecule has 1 aliphatic rings. The van der Waals surface area contributed by atoms with Gasteiger partial charge >= 0.3 is 0 Å². The molecule has 0 radical (unpaired) electrons. The molecule has 1 unspecified atom stereocenters. The molecule has 3 aromatic rings. The van der Waals surface area contributed by atoms with Gasteiger partial charge in [0, 0.05) is 49.4 Å². The fourth-order valence-electron chi connectivity index (χ4n) is 3.88. The highest BCUT2D eigenvalue weighted by molar-refractivity contribution is 5.88. The Kier molecular flexibility index (Phi) is 5.71. The second-order valence-electron chi connectivity index (χ2n) is 7.31. The van der Waals surface area contributed by atoms with Crippen molar-refractivity contribution < 1.29 is 14.9 Å². The first kappa shape index (κ1) is 19.3. The molecule has 8 heteroatoms. The van der Waals surface area contributed by atoms with E-state index in [4.69, 9.17) is 4.98 Å². The maximum atomic E-state index is 12.5. The van der Waals surface area contributed by atoms with Gasteiger partial charge in [0.1, 0.15) is 11.6 Å². The van der Waals surface area contributed by atoms with Crippen molar-refractivity contribution in [1.82, 2.24) is 14.6 Å². The first-order valence-corrected chi connectivity index (χ1v) is 10.2. The van der Waals surface area contributed by atoms with Crippen molar-refractivity contribution in [3.63, 3.8) is 0 Å². The lowest BCUT2D eigenvalue weighted by Gasteiger charge is -2.35. The van der Waals surface area contributed by atoms with E-state index >= 15 is 0 Å². The second kappa shape index (κ2) is 8.57. The van der Waals surface area contributed by atoms with Crippen LogP contribution in [0.5, 0.6) is 0 Å². The van der Waals surface area contributed by atoms with Gasteiger partial charge in [0.25, 0.3) is 0 Å². The predicted molar refractivity (Wildman–Crippen MR) is 110 cm³/mol. The minimum Gasteiger partial charge on any atom is -0.396 e. The number of aryl methyl sites for hydroxylation is 1. The van der Waals surface area contributed by atoms with Gasteiger partial charge in [0.2, 0.25) is 0 Å². The van der Waals surface area contributed by atoms with Crippen LogP contribution in [0.15, 0.2) is 36.8 Å². The molecule has 1 fully saturated rings. The van der Waals surface area contributed by atoms with Gasteiger partial charge in [-0.1, -0.05) is 6.92 Å². The van der Waals surface area contributed by atoms with Crippen molar-refractivity contribution in [2.45, 2.75) is 45.2 Å². The number of hydrogen-bond acceptors (Lipinski definition) is 6. The smallest absolute Gasteiger partial charge is 0.171 e. The predicted octanol–water partition coefficient (Wildman–Crippen LogP) is 1.64. The summed E-state index contributed by atoms with van der Waals surface area (Å²) in [5, 5.41) is 17.4. The number of piperidine rings is 1. The van der Waals surface area contributed by atoms with E-state index in [9.17, 15) is 9.90 Å². The van der Waals surface area contributed by atoms with Gasteiger partial charge in [-0.05, 0) is 25.3 Å². The summed E-state index contributed by atoms with van der Waals surface area (Å²) in [4.78, 5) is 22.5. The molecule has 0 aliphatic carbocycles. The third kappa shape index (κ3) is 3.93. The Morgan fingerprint density at radius 2 is 2.31 bits per heavy atom. The van der Waals surface area contributed by atoms with E-state index in [2.05, 4.69) is 22.3 Å².